The number of imidazole rings is 1. The van der Waals surface area contributed by atoms with Gasteiger partial charge in [0.15, 0.2) is 11.5 Å². The molecule has 2 aromatic rings. The van der Waals surface area contributed by atoms with Crippen molar-refractivity contribution >= 4 is 11.0 Å². The minimum absolute atomic E-state index is 0.0355. The summed E-state index contributed by atoms with van der Waals surface area (Å²) in [5.41, 5.74) is 1.98. The molecule has 5 heteroatoms. The maximum atomic E-state index is 9.13. The molecule has 1 saturated carbocycles. The molecule has 1 aromatic heterocycles. The molecule has 21 heavy (non-hydrogen) atoms. The monoisotopic (exact) mass is 283 g/mol. The van der Waals surface area contributed by atoms with E-state index in [9.17, 15) is 0 Å². The van der Waals surface area contributed by atoms with E-state index in [0.717, 1.165) is 28.4 Å². The molecule has 1 aliphatic carbocycles. The first-order valence-corrected chi connectivity index (χ1v) is 7.45. The van der Waals surface area contributed by atoms with Gasteiger partial charge in [0.05, 0.1) is 23.0 Å². The van der Waals surface area contributed by atoms with Gasteiger partial charge in [-0.15, -0.1) is 0 Å². The van der Waals surface area contributed by atoms with Gasteiger partial charge in [0, 0.05) is 24.6 Å². The minimum Gasteiger partial charge on any atom is -0.454 e. The van der Waals surface area contributed by atoms with Crippen molar-refractivity contribution in [3.63, 3.8) is 0 Å². The highest BCUT2D eigenvalue weighted by Gasteiger charge is 2.27. The molecule has 5 nitrogen and oxygen atoms in total. The number of hydrogen-bond donors (Lipinski definition) is 0. The predicted molar refractivity (Wildman–Crippen MR) is 77.2 cm³/mol. The lowest BCUT2D eigenvalue weighted by molar-refractivity contribution is 0.174. The molecule has 1 unspecified atom stereocenters. The van der Waals surface area contributed by atoms with E-state index in [0.29, 0.717) is 12.5 Å². The maximum Gasteiger partial charge on any atom is 0.231 e. The van der Waals surface area contributed by atoms with Crippen LogP contribution in [0.4, 0.5) is 0 Å². The van der Waals surface area contributed by atoms with Crippen LogP contribution >= 0.6 is 0 Å². The van der Waals surface area contributed by atoms with E-state index in [1.807, 2.05) is 19.1 Å². The summed E-state index contributed by atoms with van der Waals surface area (Å²) >= 11 is 0. The highest BCUT2D eigenvalue weighted by molar-refractivity contribution is 5.81. The molecule has 0 spiro atoms. The van der Waals surface area contributed by atoms with Crippen LogP contribution in [0.3, 0.4) is 0 Å². The second-order valence-corrected chi connectivity index (χ2v) is 5.93. The lowest BCUT2D eigenvalue weighted by Gasteiger charge is -2.26. The van der Waals surface area contributed by atoms with Crippen LogP contribution in [0.15, 0.2) is 12.1 Å². The van der Waals surface area contributed by atoms with Crippen LogP contribution in [0.25, 0.3) is 11.0 Å². The Bertz CT molecular complexity index is 740. The van der Waals surface area contributed by atoms with E-state index in [1.165, 1.54) is 19.3 Å². The Hall–Kier alpha value is -2.22. The van der Waals surface area contributed by atoms with Gasteiger partial charge in [-0.1, -0.05) is 6.42 Å². The van der Waals surface area contributed by atoms with Crippen molar-refractivity contribution in [2.45, 2.75) is 38.6 Å². The minimum atomic E-state index is -0.0355. The van der Waals surface area contributed by atoms with Crippen molar-refractivity contribution in [1.29, 1.82) is 5.26 Å². The first-order valence-electron chi connectivity index (χ1n) is 7.45. The van der Waals surface area contributed by atoms with Gasteiger partial charge in [-0.05, 0) is 19.8 Å². The number of fused-ring (bicyclic) bond motifs is 2. The normalized spacial score (nSPS) is 18.5. The number of ether oxygens (including phenoxy) is 2. The van der Waals surface area contributed by atoms with E-state index in [-0.39, 0.29) is 12.7 Å². The Labute approximate surface area is 123 Å². The SMILES string of the molecule is CC(C#N)Cn1c(C2CCC2)nc2cc3c(cc21)OCO3. The third-order valence-electron chi connectivity index (χ3n) is 4.42. The van der Waals surface area contributed by atoms with E-state index in [2.05, 4.69) is 10.6 Å². The van der Waals surface area contributed by atoms with Crippen molar-refractivity contribution in [2.24, 2.45) is 5.92 Å². The summed E-state index contributed by atoms with van der Waals surface area (Å²) in [6, 6.07) is 6.27. The predicted octanol–water partition coefficient (Wildman–Crippen LogP) is 3.19. The second-order valence-electron chi connectivity index (χ2n) is 5.93. The van der Waals surface area contributed by atoms with Crippen molar-refractivity contribution in [1.82, 2.24) is 9.55 Å². The summed E-state index contributed by atoms with van der Waals surface area (Å²) in [6.07, 6.45) is 3.65. The highest BCUT2D eigenvalue weighted by atomic mass is 16.7. The molecule has 0 amide bonds. The average molecular weight is 283 g/mol. The van der Waals surface area contributed by atoms with Crippen molar-refractivity contribution in [3.8, 4) is 17.6 Å². The molecule has 108 valence electrons. The molecule has 0 N–H and O–H groups in total. The summed E-state index contributed by atoms with van der Waals surface area (Å²) in [4.78, 5) is 4.82. The second kappa shape index (κ2) is 4.66. The highest BCUT2D eigenvalue weighted by Crippen LogP contribution is 2.41. The van der Waals surface area contributed by atoms with Crippen LogP contribution < -0.4 is 9.47 Å². The number of benzene rings is 1. The molecule has 1 atom stereocenters. The quantitative estimate of drug-likeness (QED) is 0.868. The van der Waals surface area contributed by atoms with Gasteiger partial charge >= 0.3 is 0 Å². The number of nitriles is 1. The molecular weight excluding hydrogens is 266 g/mol. The van der Waals surface area contributed by atoms with Crippen molar-refractivity contribution in [2.75, 3.05) is 6.79 Å². The fraction of sp³-hybridized carbons (Fsp3) is 0.500. The average Bonchev–Trinajstić information content (AvgIpc) is 3.00. The van der Waals surface area contributed by atoms with Gasteiger partial charge in [-0.3, -0.25) is 0 Å². The van der Waals surface area contributed by atoms with Crippen LogP contribution in [0.2, 0.25) is 0 Å². The van der Waals surface area contributed by atoms with Crippen molar-refractivity contribution in [3.05, 3.63) is 18.0 Å². The largest absolute Gasteiger partial charge is 0.454 e. The van der Waals surface area contributed by atoms with E-state index < -0.39 is 0 Å². The van der Waals surface area contributed by atoms with Gasteiger partial charge in [-0.2, -0.15) is 5.26 Å². The van der Waals surface area contributed by atoms with Gasteiger partial charge in [0.25, 0.3) is 0 Å². The zero-order valence-electron chi connectivity index (χ0n) is 12.0. The first kappa shape index (κ1) is 12.5. The number of hydrogen-bond acceptors (Lipinski definition) is 4. The summed E-state index contributed by atoms with van der Waals surface area (Å²) < 4.78 is 13.1. The molecule has 1 fully saturated rings. The van der Waals surface area contributed by atoms with Gasteiger partial charge < -0.3 is 14.0 Å². The lowest BCUT2D eigenvalue weighted by Crippen LogP contribution is -2.17. The van der Waals surface area contributed by atoms with Crippen molar-refractivity contribution < 1.29 is 9.47 Å². The molecule has 0 saturated heterocycles. The number of aromatic nitrogens is 2. The Balaban J connectivity index is 1.86. The molecule has 2 aliphatic rings. The molecule has 2 heterocycles. The zero-order valence-corrected chi connectivity index (χ0v) is 12.0. The van der Waals surface area contributed by atoms with E-state index in [4.69, 9.17) is 19.7 Å². The first-order chi connectivity index (χ1) is 10.3. The number of nitrogens with zero attached hydrogens (tertiary/aromatic N) is 3. The smallest absolute Gasteiger partial charge is 0.231 e. The Morgan fingerprint density at radius 1 is 1.38 bits per heavy atom. The Kier molecular flexibility index (Phi) is 2.78. The third kappa shape index (κ3) is 1.94. The van der Waals surface area contributed by atoms with Crippen LogP contribution in [0.1, 0.15) is 37.9 Å². The molecule has 1 aromatic carbocycles. The van der Waals surface area contributed by atoms with Crippen LogP contribution in [0, 0.1) is 17.2 Å². The number of rotatable bonds is 3. The van der Waals surface area contributed by atoms with Crippen LogP contribution in [0.5, 0.6) is 11.5 Å². The third-order valence-corrected chi connectivity index (χ3v) is 4.42. The summed E-state index contributed by atoms with van der Waals surface area (Å²) in [5.74, 6) is 3.14. The molecule has 4 rings (SSSR count). The van der Waals surface area contributed by atoms with Gasteiger partial charge in [0.2, 0.25) is 6.79 Å². The van der Waals surface area contributed by atoms with E-state index in [1.54, 1.807) is 0 Å². The zero-order chi connectivity index (χ0) is 14.4. The van der Waals surface area contributed by atoms with Gasteiger partial charge in [-0.25, -0.2) is 4.98 Å². The summed E-state index contributed by atoms with van der Waals surface area (Å²) in [7, 11) is 0. The lowest BCUT2D eigenvalue weighted by atomic mass is 9.85. The maximum absolute atomic E-state index is 9.13. The molecule has 0 bridgehead atoms. The molecule has 1 aliphatic heterocycles. The Morgan fingerprint density at radius 3 is 2.81 bits per heavy atom. The summed E-state index contributed by atoms with van der Waals surface area (Å²) in [6.45, 7) is 2.90. The van der Waals surface area contributed by atoms with E-state index >= 15 is 0 Å². The topological polar surface area (TPSA) is 60.1 Å². The standard InChI is InChI=1S/C16H17N3O2/c1-10(7-17)8-19-13-6-15-14(20-9-21-15)5-12(13)18-16(19)11-3-2-4-11/h5-6,10-11H,2-4,8-9H2,1H3. The molecule has 0 radical (unpaired) electrons. The van der Waals surface area contributed by atoms with Crippen LogP contribution in [-0.2, 0) is 6.54 Å². The molecular formula is C16H17N3O2. The Morgan fingerprint density at radius 2 is 2.14 bits per heavy atom. The fourth-order valence-corrected chi connectivity index (χ4v) is 3.02. The fourth-order valence-electron chi connectivity index (χ4n) is 3.02. The summed E-state index contributed by atoms with van der Waals surface area (Å²) in [5, 5.41) is 9.13. The van der Waals surface area contributed by atoms with Gasteiger partial charge in [0.1, 0.15) is 5.82 Å². The van der Waals surface area contributed by atoms with Crippen LogP contribution in [-0.4, -0.2) is 16.3 Å².